The van der Waals surface area contributed by atoms with E-state index >= 15 is 0 Å². The summed E-state index contributed by atoms with van der Waals surface area (Å²) in [5.74, 6) is 0.371. The van der Waals surface area contributed by atoms with Crippen LogP contribution in [0, 0.1) is 5.92 Å². The quantitative estimate of drug-likeness (QED) is 0.349. The summed E-state index contributed by atoms with van der Waals surface area (Å²) in [6.45, 7) is 6.04. The molecule has 3 rings (SSSR count). The first-order chi connectivity index (χ1) is 16.7. The number of hydroxylamine groups is 2. The van der Waals surface area contributed by atoms with E-state index < -0.39 is 12.1 Å². The minimum absolute atomic E-state index is 0.0902. The Morgan fingerprint density at radius 1 is 1.23 bits per heavy atom. The van der Waals surface area contributed by atoms with Crippen molar-refractivity contribution in [1.29, 1.82) is 0 Å². The maximum absolute atomic E-state index is 13.6. The molecular weight excluding hydrogens is 452 g/mol. The third-order valence-corrected chi connectivity index (χ3v) is 5.87. The maximum Gasteiger partial charge on any atom is 0.338 e. The van der Waals surface area contributed by atoms with Gasteiger partial charge in [-0.05, 0) is 42.7 Å². The van der Waals surface area contributed by atoms with Crippen LogP contribution in [-0.4, -0.2) is 53.3 Å². The molecule has 1 aliphatic heterocycles. The molecule has 4 N–H and O–H groups in total. The van der Waals surface area contributed by atoms with Gasteiger partial charge in [-0.1, -0.05) is 32.0 Å². The van der Waals surface area contributed by atoms with Crippen LogP contribution < -0.4 is 20.5 Å². The lowest BCUT2D eigenvalue weighted by Crippen LogP contribution is -2.37. The number of anilines is 1. The van der Waals surface area contributed by atoms with E-state index in [1.54, 1.807) is 50.1 Å². The first-order valence-corrected chi connectivity index (χ1v) is 11.5. The molecule has 0 bridgehead atoms. The molecule has 0 fully saturated rings. The van der Waals surface area contributed by atoms with Crippen LogP contribution in [0.5, 0.6) is 11.5 Å². The Morgan fingerprint density at radius 3 is 2.60 bits per heavy atom. The number of methoxy groups -OCH3 is 1. The average molecular weight is 485 g/mol. The highest BCUT2D eigenvalue weighted by Crippen LogP contribution is 2.39. The summed E-state index contributed by atoms with van der Waals surface area (Å²) in [5, 5.41) is 13.1. The highest BCUT2D eigenvalue weighted by atomic mass is 16.5. The summed E-state index contributed by atoms with van der Waals surface area (Å²) in [7, 11) is 1.54. The van der Waals surface area contributed by atoms with Gasteiger partial charge in [-0.25, -0.2) is 9.86 Å². The number of nitrogens with two attached hydrogens (primary N) is 1. The summed E-state index contributed by atoms with van der Waals surface area (Å²) < 4.78 is 11.1. The molecule has 10 nitrogen and oxygen atoms in total. The molecule has 0 radical (unpaired) electrons. The number of hydrogen-bond donors (Lipinski definition) is 3. The third kappa shape index (κ3) is 5.65. The highest BCUT2D eigenvalue weighted by Gasteiger charge is 2.36. The van der Waals surface area contributed by atoms with E-state index in [9.17, 15) is 19.6 Å². The monoisotopic (exact) mass is 484 g/mol. The Bertz CT molecular complexity index is 1100. The number of carbonyl (C=O) groups excluding carboxylic acids is 3. The van der Waals surface area contributed by atoms with Crippen LogP contribution >= 0.6 is 0 Å². The van der Waals surface area contributed by atoms with Gasteiger partial charge < -0.3 is 25.4 Å². The van der Waals surface area contributed by atoms with Crippen molar-refractivity contribution < 1.29 is 29.1 Å². The van der Waals surface area contributed by atoms with Gasteiger partial charge in [0.15, 0.2) is 11.5 Å². The van der Waals surface area contributed by atoms with Gasteiger partial charge in [0.05, 0.1) is 37.6 Å². The van der Waals surface area contributed by atoms with Crippen LogP contribution in [0.1, 0.15) is 54.7 Å². The van der Waals surface area contributed by atoms with Crippen LogP contribution in [0.3, 0.4) is 0 Å². The van der Waals surface area contributed by atoms with Crippen molar-refractivity contribution in [1.82, 2.24) is 9.96 Å². The molecule has 1 atom stereocenters. The van der Waals surface area contributed by atoms with Gasteiger partial charge in [0.25, 0.3) is 5.91 Å². The third-order valence-electron chi connectivity index (χ3n) is 5.87. The van der Waals surface area contributed by atoms with E-state index in [1.165, 1.54) is 0 Å². The molecule has 0 aliphatic carbocycles. The van der Waals surface area contributed by atoms with E-state index in [1.807, 2.05) is 19.1 Å². The predicted molar refractivity (Wildman–Crippen MR) is 129 cm³/mol. The molecule has 10 heteroatoms. The van der Waals surface area contributed by atoms with Crippen LogP contribution in [0.25, 0.3) is 0 Å². The first kappa shape index (κ1) is 25.8. The van der Waals surface area contributed by atoms with Gasteiger partial charge in [0.1, 0.15) is 0 Å². The minimum atomic E-state index is -0.983. The summed E-state index contributed by atoms with van der Waals surface area (Å²) in [4.78, 5) is 39.0. The second-order valence-electron chi connectivity index (χ2n) is 8.53. The van der Waals surface area contributed by atoms with Gasteiger partial charge >= 0.3 is 6.03 Å². The van der Waals surface area contributed by atoms with E-state index in [-0.39, 0.29) is 30.7 Å². The zero-order valence-corrected chi connectivity index (χ0v) is 20.4. The van der Waals surface area contributed by atoms with Gasteiger partial charge in [-0.15, -0.1) is 0 Å². The van der Waals surface area contributed by atoms with Gasteiger partial charge in [-0.3, -0.25) is 14.8 Å². The van der Waals surface area contributed by atoms with Crippen molar-refractivity contribution in [2.24, 2.45) is 11.7 Å². The molecule has 35 heavy (non-hydrogen) atoms. The standard InChI is InChI=1S/C25H32N4O6/c1-5-35-21-13-16(9-10-20(21)34-4)19(11-12-29(33)25(26)32)28-14-17-7-6-8-18(22(17)24(28)31)27-23(30)15(2)3/h6-10,13,15,19,33H,5,11-12,14H2,1-4H3,(H2,26,32)(H,27,30)/t19-/m1/s1. The Labute approximate surface area is 204 Å². The number of urea groups is 1. The van der Waals surface area contributed by atoms with E-state index in [0.29, 0.717) is 41.0 Å². The van der Waals surface area contributed by atoms with Crippen LogP contribution in [-0.2, 0) is 11.3 Å². The fourth-order valence-electron chi connectivity index (χ4n) is 4.04. The number of benzene rings is 2. The summed E-state index contributed by atoms with van der Waals surface area (Å²) in [5.41, 5.74) is 7.58. The highest BCUT2D eigenvalue weighted by molar-refractivity contribution is 6.07. The van der Waals surface area contributed by atoms with Crippen molar-refractivity contribution in [3.8, 4) is 11.5 Å². The molecule has 188 valence electrons. The van der Waals surface area contributed by atoms with Crippen molar-refractivity contribution in [2.45, 2.75) is 39.8 Å². The molecule has 0 unspecified atom stereocenters. The zero-order valence-electron chi connectivity index (χ0n) is 20.4. The molecule has 1 aliphatic rings. The fraction of sp³-hybridized carbons (Fsp3) is 0.400. The van der Waals surface area contributed by atoms with Crippen molar-refractivity contribution in [3.63, 3.8) is 0 Å². The van der Waals surface area contributed by atoms with Gasteiger partial charge in [-0.2, -0.15) is 0 Å². The summed E-state index contributed by atoms with van der Waals surface area (Å²) >= 11 is 0. The zero-order chi connectivity index (χ0) is 25.7. The lowest BCUT2D eigenvalue weighted by atomic mass is 10.0. The van der Waals surface area contributed by atoms with Crippen LogP contribution in [0.15, 0.2) is 36.4 Å². The lowest BCUT2D eigenvalue weighted by molar-refractivity contribution is -0.118. The van der Waals surface area contributed by atoms with Crippen LogP contribution in [0.2, 0.25) is 0 Å². The van der Waals surface area contributed by atoms with Crippen molar-refractivity contribution in [2.75, 3.05) is 25.6 Å². The molecule has 0 spiro atoms. The van der Waals surface area contributed by atoms with Crippen molar-refractivity contribution in [3.05, 3.63) is 53.1 Å². The van der Waals surface area contributed by atoms with E-state index in [4.69, 9.17) is 15.2 Å². The molecule has 0 saturated heterocycles. The number of ether oxygens (including phenoxy) is 2. The average Bonchev–Trinajstić information content (AvgIpc) is 3.16. The second-order valence-corrected chi connectivity index (χ2v) is 8.53. The van der Waals surface area contributed by atoms with Crippen molar-refractivity contribution >= 4 is 23.5 Å². The number of amides is 4. The maximum atomic E-state index is 13.6. The molecule has 4 amide bonds. The second kappa shape index (κ2) is 11.1. The molecule has 2 aromatic rings. The van der Waals surface area contributed by atoms with Crippen LogP contribution in [0.4, 0.5) is 10.5 Å². The number of nitrogens with zero attached hydrogens (tertiary/aromatic N) is 2. The number of carbonyl (C=O) groups is 3. The molecule has 2 aromatic carbocycles. The molecule has 0 aromatic heterocycles. The summed E-state index contributed by atoms with van der Waals surface area (Å²) in [6.07, 6.45) is 0.213. The molecule has 1 heterocycles. The molecular formula is C25H32N4O6. The number of hydrogen-bond acceptors (Lipinski definition) is 6. The largest absolute Gasteiger partial charge is 0.493 e. The number of rotatable bonds is 10. The Morgan fingerprint density at radius 2 is 1.97 bits per heavy atom. The smallest absolute Gasteiger partial charge is 0.338 e. The lowest BCUT2D eigenvalue weighted by Gasteiger charge is -2.30. The number of nitrogens with one attached hydrogen (secondary N) is 1. The first-order valence-electron chi connectivity index (χ1n) is 11.5. The Kier molecular flexibility index (Phi) is 8.18. The Balaban J connectivity index is 1.99. The normalized spacial score (nSPS) is 13.4. The topological polar surface area (TPSA) is 134 Å². The van der Waals surface area contributed by atoms with E-state index in [2.05, 4.69) is 5.32 Å². The van der Waals surface area contributed by atoms with E-state index in [0.717, 1.165) is 11.1 Å². The number of fused-ring (bicyclic) bond motifs is 1. The number of primary amides is 1. The van der Waals surface area contributed by atoms with Gasteiger partial charge in [0.2, 0.25) is 5.91 Å². The fourth-order valence-corrected chi connectivity index (χ4v) is 4.04. The Hall–Kier alpha value is -3.79. The van der Waals surface area contributed by atoms with Gasteiger partial charge in [0, 0.05) is 12.5 Å². The minimum Gasteiger partial charge on any atom is -0.493 e. The summed E-state index contributed by atoms with van der Waals surface area (Å²) in [6, 6.07) is 9.19. The predicted octanol–water partition coefficient (Wildman–Crippen LogP) is 3.55. The SMILES string of the molecule is CCOc1cc([C@@H](CCN(O)C(N)=O)N2Cc3cccc(NC(=O)C(C)C)c3C2=O)ccc1OC. The molecule has 0 saturated carbocycles.